The summed E-state index contributed by atoms with van der Waals surface area (Å²) in [5.74, 6) is -0.549. The van der Waals surface area contributed by atoms with Gasteiger partial charge in [-0.25, -0.2) is 0 Å². The van der Waals surface area contributed by atoms with Gasteiger partial charge >= 0.3 is 6.18 Å². The Morgan fingerprint density at radius 3 is 2.24 bits per heavy atom. The molecule has 0 heterocycles. The second kappa shape index (κ2) is 5.05. The molecule has 4 N–H and O–H groups in total. The third-order valence-corrected chi connectivity index (χ3v) is 1.98. The number of ether oxygens (including phenoxy) is 1. The van der Waals surface area contributed by atoms with Crippen LogP contribution in [0.5, 0.6) is 5.75 Å². The number of amides is 1. The second-order valence-corrected chi connectivity index (χ2v) is 3.34. The van der Waals surface area contributed by atoms with Crippen LogP contribution in [0.1, 0.15) is 5.56 Å². The van der Waals surface area contributed by atoms with Gasteiger partial charge in [0.15, 0.2) is 0 Å². The van der Waals surface area contributed by atoms with Gasteiger partial charge in [0.25, 0.3) is 0 Å². The van der Waals surface area contributed by atoms with Gasteiger partial charge < -0.3 is 16.2 Å². The van der Waals surface area contributed by atoms with E-state index in [0.717, 1.165) is 24.3 Å². The molecule has 94 valence electrons. The number of nitrogens with two attached hydrogens (primary N) is 2. The lowest BCUT2D eigenvalue weighted by Gasteiger charge is -2.11. The Balaban J connectivity index is 2.60. The van der Waals surface area contributed by atoms with Crippen LogP contribution in [0.3, 0.4) is 0 Å². The summed E-state index contributed by atoms with van der Waals surface area (Å²) >= 11 is 0. The molecule has 0 fully saturated rings. The lowest BCUT2D eigenvalue weighted by Crippen LogP contribution is -2.41. The molecule has 0 aromatic heterocycles. The smallest absolute Gasteiger partial charge is 0.416 e. The van der Waals surface area contributed by atoms with Gasteiger partial charge in [0.05, 0.1) is 5.56 Å². The Hall–Kier alpha value is -1.76. The molecule has 0 aliphatic rings. The number of benzene rings is 1. The van der Waals surface area contributed by atoms with Crippen molar-refractivity contribution in [3.63, 3.8) is 0 Å². The fraction of sp³-hybridized carbons (Fsp3) is 0.300. The molecule has 1 aromatic carbocycles. The summed E-state index contributed by atoms with van der Waals surface area (Å²) in [5.41, 5.74) is 9.40. The lowest BCUT2D eigenvalue weighted by molar-refractivity contribution is -0.137. The molecule has 4 nitrogen and oxygen atoms in total. The largest absolute Gasteiger partial charge is 0.491 e. The zero-order valence-corrected chi connectivity index (χ0v) is 8.70. The molecule has 0 aliphatic heterocycles. The van der Waals surface area contributed by atoms with Crippen LogP contribution < -0.4 is 16.2 Å². The molecule has 0 bridgehead atoms. The number of primary amides is 1. The van der Waals surface area contributed by atoms with E-state index in [1.165, 1.54) is 0 Å². The maximum atomic E-state index is 12.2. The van der Waals surface area contributed by atoms with Crippen LogP contribution in [0.4, 0.5) is 13.2 Å². The Labute approximate surface area is 95.3 Å². The van der Waals surface area contributed by atoms with E-state index in [4.69, 9.17) is 16.2 Å². The van der Waals surface area contributed by atoms with E-state index < -0.39 is 23.7 Å². The van der Waals surface area contributed by atoms with Gasteiger partial charge in [0, 0.05) is 0 Å². The predicted octanol–water partition coefficient (Wildman–Crippen LogP) is 0.897. The van der Waals surface area contributed by atoms with Gasteiger partial charge in [-0.3, -0.25) is 4.79 Å². The van der Waals surface area contributed by atoms with Crippen LogP contribution in [0.25, 0.3) is 0 Å². The number of hydrogen-bond acceptors (Lipinski definition) is 3. The van der Waals surface area contributed by atoms with E-state index in [-0.39, 0.29) is 12.4 Å². The molecule has 0 spiro atoms. The first-order chi connectivity index (χ1) is 7.80. The molecule has 0 saturated heterocycles. The van der Waals surface area contributed by atoms with E-state index in [9.17, 15) is 18.0 Å². The fourth-order valence-electron chi connectivity index (χ4n) is 1.01. The number of carbonyl (C=O) groups is 1. The van der Waals surface area contributed by atoms with Crippen LogP contribution in [0.2, 0.25) is 0 Å². The summed E-state index contributed by atoms with van der Waals surface area (Å²) in [6.07, 6.45) is -4.39. The van der Waals surface area contributed by atoms with E-state index in [0.29, 0.717) is 0 Å². The van der Waals surface area contributed by atoms with Crippen molar-refractivity contribution in [3.05, 3.63) is 29.8 Å². The van der Waals surface area contributed by atoms with Crippen molar-refractivity contribution in [2.24, 2.45) is 11.5 Å². The van der Waals surface area contributed by atoms with Crippen LogP contribution in [0, 0.1) is 0 Å². The standard InChI is InChI=1S/C10H11F3N2O2/c11-10(12,13)6-1-3-7(4-2-6)17-5-8(14)9(15)16/h1-4,8H,5,14H2,(H2,15,16). The third-order valence-electron chi connectivity index (χ3n) is 1.98. The summed E-state index contributed by atoms with van der Waals surface area (Å²) < 4.78 is 41.7. The second-order valence-electron chi connectivity index (χ2n) is 3.34. The number of rotatable bonds is 4. The Bertz CT molecular complexity index is 390. The molecule has 0 radical (unpaired) electrons. The SMILES string of the molecule is NC(=O)C(N)COc1ccc(C(F)(F)F)cc1. The Morgan fingerprint density at radius 1 is 1.29 bits per heavy atom. The first-order valence-corrected chi connectivity index (χ1v) is 4.65. The molecule has 1 atom stereocenters. The van der Waals surface area contributed by atoms with Gasteiger partial charge in [-0.15, -0.1) is 0 Å². The number of hydrogen-bond donors (Lipinski definition) is 2. The predicted molar refractivity (Wildman–Crippen MR) is 54.1 cm³/mol. The first kappa shape index (κ1) is 13.3. The highest BCUT2D eigenvalue weighted by Gasteiger charge is 2.30. The van der Waals surface area contributed by atoms with E-state index >= 15 is 0 Å². The summed E-state index contributed by atoms with van der Waals surface area (Å²) in [6, 6.07) is 3.07. The summed E-state index contributed by atoms with van der Waals surface area (Å²) in [4.78, 5) is 10.6. The molecule has 1 unspecified atom stereocenters. The van der Waals surface area contributed by atoms with Crippen molar-refractivity contribution in [3.8, 4) is 5.75 Å². The highest BCUT2D eigenvalue weighted by molar-refractivity contribution is 5.79. The van der Waals surface area contributed by atoms with Gasteiger partial charge in [0.1, 0.15) is 18.4 Å². The van der Waals surface area contributed by atoms with Crippen molar-refractivity contribution in [1.29, 1.82) is 0 Å². The summed E-state index contributed by atoms with van der Waals surface area (Å²) in [7, 11) is 0. The van der Waals surface area contributed by atoms with E-state index in [1.54, 1.807) is 0 Å². The average Bonchev–Trinajstić information content (AvgIpc) is 2.25. The highest BCUT2D eigenvalue weighted by atomic mass is 19.4. The minimum absolute atomic E-state index is 0.180. The Morgan fingerprint density at radius 2 is 1.82 bits per heavy atom. The number of halogens is 3. The molecular formula is C10H11F3N2O2. The summed E-state index contributed by atoms with van der Waals surface area (Å²) in [5, 5.41) is 0. The molecule has 0 saturated carbocycles. The monoisotopic (exact) mass is 248 g/mol. The lowest BCUT2D eigenvalue weighted by atomic mass is 10.2. The fourth-order valence-corrected chi connectivity index (χ4v) is 1.01. The van der Waals surface area contributed by atoms with Crippen LogP contribution in [-0.2, 0) is 11.0 Å². The van der Waals surface area contributed by atoms with Crippen molar-refractivity contribution in [2.75, 3.05) is 6.61 Å². The zero-order chi connectivity index (χ0) is 13.1. The molecular weight excluding hydrogens is 237 g/mol. The van der Waals surface area contributed by atoms with Crippen molar-refractivity contribution in [1.82, 2.24) is 0 Å². The van der Waals surface area contributed by atoms with Crippen molar-refractivity contribution in [2.45, 2.75) is 12.2 Å². The quantitative estimate of drug-likeness (QED) is 0.830. The van der Waals surface area contributed by atoms with Gasteiger partial charge in [0.2, 0.25) is 5.91 Å². The zero-order valence-electron chi connectivity index (χ0n) is 8.70. The van der Waals surface area contributed by atoms with Gasteiger partial charge in [-0.05, 0) is 24.3 Å². The van der Waals surface area contributed by atoms with Crippen LogP contribution >= 0.6 is 0 Å². The maximum absolute atomic E-state index is 12.2. The van der Waals surface area contributed by atoms with Crippen LogP contribution in [0.15, 0.2) is 24.3 Å². The average molecular weight is 248 g/mol. The topological polar surface area (TPSA) is 78.3 Å². The molecule has 1 amide bonds. The van der Waals surface area contributed by atoms with Gasteiger partial charge in [-0.1, -0.05) is 0 Å². The van der Waals surface area contributed by atoms with E-state index in [1.807, 2.05) is 0 Å². The summed E-state index contributed by atoms with van der Waals surface area (Å²) in [6.45, 7) is -0.180. The molecule has 7 heteroatoms. The molecule has 1 aromatic rings. The van der Waals surface area contributed by atoms with Crippen LogP contribution in [-0.4, -0.2) is 18.6 Å². The van der Waals surface area contributed by atoms with Crippen molar-refractivity contribution >= 4 is 5.91 Å². The van der Waals surface area contributed by atoms with Gasteiger partial charge in [-0.2, -0.15) is 13.2 Å². The molecule has 0 aliphatic carbocycles. The maximum Gasteiger partial charge on any atom is 0.416 e. The Kier molecular flexibility index (Phi) is 3.95. The minimum Gasteiger partial charge on any atom is -0.491 e. The number of carbonyl (C=O) groups excluding carboxylic acids is 1. The normalized spacial score (nSPS) is 13.2. The molecule has 1 rings (SSSR count). The van der Waals surface area contributed by atoms with Crippen molar-refractivity contribution < 1.29 is 22.7 Å². The number of alkyl halides is 3. The first-order valence-electron chi connectivity index (χ1n) is 4.65. The highest BCUT2D eigenvalue weighted by Crippen LogP contribution is 2.30. The third kappa shape index (κ3) is 3.95. The minimum atomic E-state index is -4.39. The molecule has 17 heavy (non-hydrogen) atoms. The van der Waals surface area contributed by atoms with E-state index in [2.05, 4.69) is 0 Å².